The number of carbonyl (C=O) groups excluding carboxylic acids is 2. The summed E-state index contributed by atoms with van der Waals surface area (Å²) in [7, 11) is 1.58. The number of amides is 2. The summed E-state index contributed by atoms with van der Waals surface area (Å²) in [5, 5.41) is 0. The molecule has 2 atom stereocenters. The lowest BCUT2D eigenvalue weighted by molar-refractivity contribution is -0.121. The molecule has 0 aliphatic carbocycles. The predicted octanol–water partition coefficient (Wildman–Crippen LogP) is 0.750. The molecule has 2 rings (SSSR count). The van der Waals surface area contributed by atoms with Crippen LogP contribution in [0.15, 0.2) is 24.3 Å². The molecule has 1 fully saturated rings. The Kier molecular flexibility index (Phi) is 5.32. The second-order valence-electron chi connectivity index (χ2n) is 5.07. The van der Waals surface area contributed by atoms with Crippen molar-refractivity contribution >= 4 is 11.8 Å². The van der Waals surface area contributed by atoms with Crippen LogP contribution in [0, 0.1) is 0 Å². The number of methoxy groups -OCH3 is 1. The number of hydrogen-bond donors (Lipinski definition) is 1. The summed E-state index contributed by atoms with van der Waals surface area (Å²) in [4.78, 5) is 24.9. The standard InChI is InChI=1S/C15H19FN2O4/c1-21-6-7-22-12-4-2-10(3-5-12)15(20)18-9-11(16)8-13(18)14(17)19/h2-5,11,13H,6-9H2,1H3,(H2,17,19)/t11-,13+/m1/s1. The first-order valence-electron chi connectivity index (χ1n) is 6.99. The van der Waals surface area contributed by atoms with Crippen molar-refractivity contribution < 1.29 is 23.5 Å². The van der Waals surface area contributed by atoms with Crippen molar-refractivity contribution in [3.63, 3.8) is 0 Å². The Morgan fingerprint density at radius 2 is 2.00 bits per heavy atom. The van der Waals surface area contributed by atoms with Crippen LogP contribution >= 0.6 is 0 Å². The van der Waals surface area contributed by atoms with E-state index in [9.17, 15) is 14.0 Å². The van der Waals surface area contributed by atoms with Gasteiger partial charge < -0.3 is 20.1 Å². The molecule has 2 N–H and O–H groups in total. The zero-order valence-electron chi connectivity index (χ0n) is 12.3. The van der Waals surface area contributed by atoms with Crippen LogP contribution in [-0.2, 0) is 9.53 Å². The lowest BCUT2D eigenvalue weighted by Gasteiger charge is -2.21. The fourth-order valence-electron chi connectivity index (χ4n) is 2.38. The maximum absolute atomic E-state index is 13.5. The second kappa shape index (κ2) is 7.22. The number of alkyl halides is 1. The number of nitrogens with zero attached hydrogens (tertiary/aromatic N) is 1. The Morgan fingerprint density at radius 3 is 2.59 bits per heavy atom. The highest BCUT2D eigenvalue weighted by atomic mass is 19.1. The Labute approximate surface area is 128 Å². The largest absolute Gasteiger partial charge is 0.491 e. The molecule has 0 saturated carbocycles. The minimum absolute atomic E-state index is 0.0424. The number of halogens is 1. The predicted molar refractivity (Wildman–Crippen MR) is 77.3 cm³/mol. The van der Waals surface area contributed by atoms with Gasteiger partial charge in [0.2, 0.25) is 5.91 Å². The molecule has 2 amide bonds. The van der Waals surface area contributed by atoms with Crippen molar-refractivity contribution in [1.29, 1.82) is 0 Å². The molecule has 1 saturated heterocycles. The van der Waals surface area contributed by atoms with Gasteiger partial charge in [0, 0.05) is 19.1 Å². The van der Waals surface area contributed by atoms with Crippen molar-refractivity contribution in [2.24, 2.45) is 5.73 Å². The zero-order valence-corrected chi connectivity index (χ0v) is 12.3. The van der Waals surface area contributed by atoms with E-state index in [0.717, 1.165) is 0 Å². The van der Waals surface area contributed by atoms with Gasteiger partial charge >= 0.3 is 0 Å². The minimum Gasteiger partial charge on any atom is -0.491 e. The van der Waals surface area contributed by atoms with Crippen molar-refractivity contribution in [2.75, 3.05) is 26.9 Å². The summed E-state index contributed by atoms with van der Waals surface area (Å²) in [5.74, 6) is -0.495. The normalized spacial score (nSPS) is 20.9. The Balaban J connectivity index is 2.04. The minimum atomic E-state index is -1.22. The van der Waals surface area contributed by atoms with Gasteiger partial charge in [-0.1, -0.05) is 0 Å². The van der Waals surface area contributed by atoms with Crippen molar-refractivity contribution in [2.45, 2.75) is 18.6 Å². The average molecular weight is 310 g/mol. The fraction of sp³-hybridized carbons (Fsp3) is 0.467. The highest BCUT2D eigenvalue weighted by Crippen LogP contribution is 2.23. The number of rotatable bonds is 6. The van der Waals surface area contributed by atoms with E-state index in [1.54, 1.807) is 31.4 Å². The van der Waals surface area contributed by atoms with Gasteiger partial charge in [0.05, 0.1) is 13.2 Å². The molecule has 120 valence electrons. The number of nitrogens with two attached hydrogens (primary N) is 1. The van der Waals surface area contributed by atoms with Crippen molar-refractivity contribution in [3.05, 3.63) is 29.8 Å². The molecule has 1 aliphatic heterocycles. The van der Waals surface area contributed by atoms with Crippen LogP contribution in [0.1, 0.15) is 16.8 Å². The fourth-order valence-corrected chi connectivity index (χ4v) is 2.38. The third kappa shape index (κ3) is 3.73. The third-order valence-corrected chi connectivity index (χ3v) is 3.50. The van der Waals surface area contributed by atoms with Gasteiger partial charge in [0.25, 0.3) is 5.91 Å². The molecule has 0 unspecified atom stereocenters. The molecule has 6 nitrogen and oxygen atoms in total. The van der Waals surface area contributed by atoms with Crippen LogP contribution < -0.4 is 10.5 Å². The first-order valence-corrected chi connectivity index (χ1v) is 6.99. The molecule has 0 spiro atoms. The summed E-state index contributed by atoms with van der Waals surface area (Å²) < 4.78 is 23.7. The van der Waals surface area contributed by atoms with Crippen LogP contribution in [0.3, 0.4) is 0 Å². The van der Waals surface area contributed by atoms with Gasteiger partial charge in [-0.05, 0) is 24.3 Å². The van der Waals surface area contributed by atoms with Crippen molar-refractivity contribution in [1.82, 2.24) is 4.90 Å². The zero-order chi connectivity index (χ0) is 16.1. The summed E-state index contributed by atoms with van der Waals surface area (Å²) in [6.45, 7) is 0.758. The van der Waals surface area contributed by atoms with E-state index in [-0.39, 0.29) is 13.0 Å². The second-order valence-corrected chi connectivity index (χ2v) is 5.07. The van der Waals surface area contributed by atoms with Crippen LogP contribution in [0.5, 0.6) is 5.75 Å². The smallest absolute Gasteiger partial charge is 0.254 e. The highest BCUT2D eigenvalue weighted by Gasteiger charge is 2.38. The molecule has 7 heteroatoms. The van der Waals surface area contributed by atoms with E-state index in [2.05, 4.69) is 0 Å². The number of carbonyl (C=O) groups is 2. The molecule has 1 aromatic rings. The number of hydrogen-bond acceptors (Lipinski definition) is 4. The van der Waals surface area contributed by atoms with Gasteiger partial charge in [-0.3, -0.25) is 9.59 Å². The Hall–Kier alpha value is -2.15. The molecule has 1 aliphatic rings. The lowest BCUT2D eigenvalue weighted by atomic mass is 10.1. The third-order valence-electron chi connectivity index (χ3n) is 3.50. The molecular weight excluding hydrogens is 291 g/mol. The highest BCUT2D eigenvalue weighted by molar-refractivity contribution is 5.97. The summed E-state index contributed by atoms with van der Waals surface area (Å²) >= 11 is 0. The molecule has 1 aromatic carbocycles. The van der Waals surface area contributed by atoms with Crippen LogP contribution in [0.2, 0.25) is 0 Å². The maximum Gasteiger partial charge on any atom is 0.254 e. The molecule has 0 aromatic heterocycles. The van der Waals surface area contributed by atoms with E-state index in [4.69, 9.17) is 15.2 Å². The van der Waals surface area contributed by atoms with Crippen LogP contribution in [0.4, 0.5) is 4.39 Å². The quantitative estimate of drug-likeness (QED) is 0.786. The lowest BCUT2D eigenvalue weighted by Crippen LogP contribution is -2.43. The summed E-state index contributed by atoms with van der Waals surface area (Å²) in [6, 6.07) is 5.55. The Bertz CT molecular complexity index is 535. The van der Waals surface area contributed by atoms with Gasteiger partial charge in [0.1, 0.15) is 24.6 Å². The molecular formula is C15H19FN2O4. The summed E-state index contributed by atoms with van der Waals surface area (Å²) in [6.07, 6.45) is -1.27. The molecule has 1 heterocycles. The van der Waals surface area contributed by atoms with Gasteiger partial charge in [-0.15, -0.1) is 0 Å². The van der Waals surface area contributed by atoms with Gasteiger partial charge in [0.15, 0.2) is 0 Å². The topological polar surface area (TPSA) is 81.9 Å². The van der Waals surface area contributed by atoms with Crippen LogP contribution in [-0.4, -0.2) is 55.8 Å². The molecule has 22 heavy (non-hydrogen) atoms. The molecule has 0 radical (unpaired) electrons. The van der Waals surface area contributed by atoms with E-state index >= 15 is 0 Å². The van der Waals surface area contributed by atoms with Gasteiger partial charge in [-0.25, -0.2) is 4.39 Å². The average Bonchev–Trinajstić information content (AvgIpc) is 2.90. The first kappa shape index (κ1) is 16.2. The Morgan fingerprint density at radius 1 is 1.32 bits per heavy atom. The molecule has 0 bridgehead atoms. The van der Waals surface area contributed by atoms with E-state index in [1.165, 1.54) is 4.90 Å². The number of benzene rings is 1. The first-order chi connectivity index (χ1) is 10.5. The number of ether oxygens (including phenoxy) is 2. The summed E-state index contributed by atoms with van der Waals surface area (Å²) in [5.41, 5.74) is 5.59. The van der Waals surface area contributed by atoms with E-state index in [0.29, 0.717) is 24.5 Å². The SMILES string of the molecule is COCCOc1ccc(C(=O)N2C[C@H](F)C[C@H]2C(N)=O)cc1. The number of likely N-dealkylation sites (tertiary alicyclic amines) is 1. The number of primary amides is 1. The van der Waals surface area contributed by atoms with Crippen molar-refractivity contribution in [3.8, 4) is 5.75 Å². The monoisotopic (exact) mass is 310 g/mol. The van der Waals surface area contributed by atoms with E-state index < -0.39 is 24.0 Å². The van der Waals surface area contributed by atoms with Gasteiger partial charge in [-0.2, -0.15) is 0 Å². The van der Waals surface area contributed by atoms with E-state index in [1.807, 2.05) is 0 Å². The maximum atomic E-state index is 13.5. The van der Waals surface area contributed by atoms with Crippen LogP contribution in [0.25, 0.3) is 0 Å².